The van der Waals surface area contributed by atoms with Crippen molar-refractivity contribution >= 4 is 22.6 Å². The number of carbonyl (C=O) groups is 1. The van der Waals surface area contributed by atoms with Gasteiger partial charge in [0.25, 0.3) is 0 Å². The van der Waals surface area contributed by atoms with E-state index in [2.05, 4.69) is 20.0 Å². The zero-order valence-corrected chi connectivity index (χ0v) is 9.36. The molecule has 1 aliphatic carbocycles. The summed E-state index contributed by atoms with van der Waals surface area (Å²) in [7, 11) is 0. The van der Waals surface area contributed by atoms with Gasteiger partial charge in [0.15, 0.2) is 0 Å². The molecule has 2 N–H and O–H groups in total. The molecular weight excluding hydrogens is 257 g/mol. The van der Waals surface area contributed by atoms with Crippen LogP contribution in [0.2, 0.25) is 0 Å². The molecule has 1 aromatic heterocycles. The first kappa shape index (κ1) is 12.1. The highest BCUT2D eigenvalue weighted by Gasteiger charge is 2.36. The van der Waals surface area contributed by atoms with Crippen molar-refractivity contribution in [2.45, 2.75) is 25.1 Å². The Bertz CT molecular complexity index is 415. The Labute approximate surface area is 98.6 Å². The second-order valence-electron chi connectivity index (χ2n) is 3.62. The fraction of sp³-hybridized carbons (Fsp3) is 0.625. The van der Waals surface area contributed by atoms with Gasteiger partial charge in [0.05, 0.1) is 6.54 Å². The topological polar surface area (TPSA) is 66.9 Å². The van der Waals surface area contributed by atoms with E-state index in [4.69, 9.17) is 0 Å². The van der Waals surface area contributed by atoms with Gasteiger partial charge in [-0.05, 0) is 12.8 Å². The average Bonchev–Trinajstić information content (AvgIpc) is 2.90. The summed E-state index contributed by atoms with van der Waals surface area (Å²) in [6.45, 7) is -0.0943. The maximum atomic E-state index is 12.2. The van der Waals surface area contributed by atoms with Crippen LogP contribution in [0.4, 0.5) is 18.3 Å². The molecule has 1 fully saturated rings. The number of nitrogens with zero attached hydrogens (tertiary/aromatic N) is 2. The van der Waals surface area contributed by atoms with E-state index in [0.29, 0.717) is 11.5 Å². The molecule has 1 aromatic rings. The largest absolute Gasteiger partial charge is 0.452 e. The van der Waals surface area contributed by atoms with Crippen LogP contribution in [0.5, 0.6) is 0 Å². The van der Waals surface area contributed by atoms with E-state index in [1.165, 1.54) is 0 Å². The van der Waals surface area contributed by atoms with Crippen LogP contribution in [0.1, 0.15) is 18.7 Å². The molecule has 1 aliphatic rings. The SMILES string of the molecule is O=C(CNc1nc(C(F)(F)F)ns1)NC1CC1. The molecule has 0 bridgehead atoms. The number of carbonyl (C=O) groups excluding carboxylic acids is 1. The second kappa shape index (κ2) is 4.47. The van der Waals surface area contributed by atoms with Crippen molar-refractivity contribution in [2.75, 3.05) is 11.9 Å². The first-order valence-electron chi connectivity index (χ1n) is 4.89. The number of hydrogen-bond acceptors (Lipinski definition) is 5. The molecule has 5 nitrogen and oxygen atoms in total. The molecule has 0 aromatic carbocycles. The molecule has 0 unspecified atom stereocenters. The summed E-state index contributed by atoms with van der Waals surface area (Å²) in [6, 6.07) is 0.226. The van der Waals surface area contributed by atoms with Gasteiger partial charge in [0.1, 0.15) is 0 Å². The van der Waals surface area contributed by atoms with Crippen molar-refractivity contribution in [1.29, 1.82) is 0 Å². The summed E-state index contributed by atoms with van der Waals surface area (Å²) in [5, 5.41) is 5.19. The van der Waals surface area contributed by atoms with Crippen LogP contribution in [-0.2, 0) is 11.0 Å². The van der Waals surface area contributed by atoms with Crippen LogP contribution in [0.25, 0.3) is 0 Å². The van der Waals surface area contributed by atoms with Gasteiger partial charge in [-0.1, -0.05) is 0 Å². The van der Waals surface area contributed by atoms with Crippen LogP contribution in [0.3, 0.4) is 0 Å². The lowest BCUT2D eigenvalue weighted by atomic mass is 10.5. The number of halogens is 3. The minimum atomic E-state index is -4.55. The zero-order chi connectivity index (χ0) is 12.5. The lowest BCUT2D eigenvalue weighted by Crippen LogP contribution is -2.31. The highest BCUT2D eigenvalue weighted by Crippen LogP contribution is 2.28. The van der Waals surface area contributed by atoms with E-state index < -0.39 is 12.0 Å². The van der Waals surface area contributed by atoms with Gasteiger partial charge in [-0.3, -0.25) is 4.79 Å². The summed E-state index contributed by atoms with van der Waals surface area (Å²) in [4.78, 5) is 14.5. The highest BCUT2D eigenvalue weighted by molar-refractivity contribution is 7.09. The Morgan fingerprint density at radius 2 is 2.18 bits per heavy atom. The summed E-state index contributed by atoms with van der Waals surface area (Å²) in [5.41, 5.74) is 0. The quantitative estimate of drug-likeness (QED) is 0.860. The summed E-state index contributed by atoms with van der Waals surface area (Å²) < 4.78 is 39.6. The number of hydrogen-bond donors (Lipinski definition) is 2. The van der Waals surface area contributed by atoms with Gasteiger partial charge in [0.2, 0.25) is 16.9 Å². The van der Waals surface area contributed by atoms with Crippen molar-refractivity contribution in [1.82, 2.24) is 14.7 Å². The highest BCUT2D eigenvalue weighted by atomic mass is 32.1. The Kier molecular flexibility index (Phi) is 3.18. The molecule has 1 heterocycles. The number of rotatable bonds is 4. The first-order chi connectivity index (χ1) is 7.95. The molecule has 9 heteroatoms. The van der Waals surface area contributed by atoms with E-state index in [1.54, 1.807) is 0 Å². The smallest absolute Gasteiger partial charge is 0.352 e. The molecule has 0 spiro atoms. The van der Waals surface area contributed by atoms with Crippen LogP contribution in [0, 0.1) is 0 Å². The van der Waals surface area contributed by atoms with Crippen molar-refractivity contribution in [3.05, 3.63) is 5.82 Å². The normalized spacial score (nSPS) is 15.7. The predicted octanol–water partition coefficient (Wildman–Crippen LogP) is 1.25. The minimum absolute atomic E-state index is 0.0109. The third-order valence-electron chi connectivity index (χ3n) is 2.02. The molecule has 1 amide bonds. The molecule has 1 saturated carbocycles. The lowest BCUT2D eigenvalue weighted by molar-refractivity contribution is -0.144. The van der Waals surface area contributed by atoms with Crippen LogP contribution < -0.4 is 10.6 Å². The second-order valence-corrected chi connectivity index (χ2v) is 4.37. The standard InChI is InChI=1S/C8H9F3N4OS/c9-8(10,11)6-14-7(17-15-6)12-3-5(16)13-4-1-2-4/h4H,1-3H2,(H,13,16)(H,12,14,15). The van der Waals surface area contributed by atoms with Crippen molar-refractivity contribution in [2.24, 2.45) is 0 Å². The number of amides is 1. The molecule has 0 aliphatic heterocycles. The van der Waals surface area contributed by atoms with E-state index >= 15 is 0 Å². The van der Waals surface area contributed by atoms with Crippen LogP contribution in [0.15, 0.2) is 0 Å². The summed E-state index contributed by atoms with van der Waals surface area (Å²) >= 11 is 0.581. The molecule has 0 radical (unpaired) electrons. The zero-order valence-electron chi connectivity index (χ0n) is 8.54. The Hall–Kier alpha value is -1.38. The average molecular weight is 266 g/mol. The minimum Gasteiger partial charge on any atom is -0.352 e. The number of aromatic nitrogens is 2. The van der Waals surface area contributed by atoms with E-state index in [1.807, 2.05) is 0 Å². The van der Waals surface area contributed by atoms with Gasteiger partial charge >= 0.3 is 6.18 Å². The lowest BCUT2D eigenvalue weighted by Gasteiger charge is -2.03. The molecular formula is C8H9F3N4OS. The fourth-order valence-electron chi connectivity index (χ4n) is 1.07. The van der Waals surface area contributed by atoms with Crippen LogP contribution >= 0.6 is 11.5 Å². The molecule has 17 heavy (non-hydrogen) atoms. The van der Waals surface area contributed by atoms with Gasteiger partial charge < -0.3 is 10.6 Å². The van der Waals surface area contributed by atoms with Gasteiger partial charge in [0, 0.05) is 17.6 Å². The predicted molar refractivity (Wildman–Crippen MR) is 54.6 cm³/mol. The fourth-order valence-corrected chi connectivity index (χ4v) is 1.65. The molecule has 94 valence electrons. The number of alkyl halides is 3. The molecule has 0 atom stereocenters. The Balaban J connectivity index is 1.82. The van der Waals surface area contributed by atoms with E-state index in [0.717, 1.165) is 12.8 Å². The summed E-state index contributed by atoms with van der Waals surface area (Å²) in [6.07, 6.45) is -2.63. The van der Waals surface area contributed by atoms with Crippen molar-refractivity contribution in [3.8, 4) is 0 Å². The first-order valence-corrected chi connectivity index (χ1v) is 5.66. The molecule has 0 saturated heterocycles. The Morgan fingerprint density at radius 1 is 1.47 bits per heavy atom. The monoisotopic (exact) mass is 266 g/mol. The number of anilines is 1. The summed E-state index contributed by atoms with van der Waals surface area (Å²) in [5.74, 6) is -1.44. The van der Waals surface area contributed by atoms with E-state index in [9.17, 15) is 18.0 Å². The maximum Gasteiger partial charge on any atom is 0.452 e. The van der Waals surface area contributed by atoms with Gasteiger partial charge in [-0.2, -0.15) is 22.5 Å². The Morgan fingerprint density at radius 3 is 2.71 bits per heavy atom. The van der Waals surface area contributed by atoms with Crippen LogP contribution in [-0.4, -0.2) is 27.9 Å². The van der Waals surface area contributed by atoms with E-state index in [-0.39, 0.29) is 23.6 Å². The maximum absolute atomic E-state index is 12.2. The van der Waals surface area contributed by atoms with Gasteiger partial charge in [-0.15, -0.1) is 0 Å². The molecule has 2 rings (SSSR count). The van der Waals surface area contributed by atoms with Gasteiger partial charge in [-0.25, -0.2) is 0 Å². The van der Waals surface area contributed by atoms with Crippen molar-refractivity contribution < 1.29 is 18.0 Å². The number of nitrogens with one attached hydrogen (secondary N) is 2. The van der Waals surface area contributed by atoms with Crippen molar-refractivity contribution in [3.63, 3.8) is 0 Å². The third kappa shape index (κ3) is 3.55. The third-order valence-corrected chi connectivity index (χ3v) is 2.69.